The largest absolute Gasteiger partial charge is 0.494 e. The third-order valence-electron chi connectivity index (χ3n) is 4.07. The van der Waals surface area contributed by atoms with Crippen molar-refractivity contribution in [3.8, 4) is 5.88 Å². The number of nitrogens with zero attached hydrogens (tertiary/aromatic N) is 1. The van der Waals surface area contributed by atoms with Crippen LogP contribution in [0.4, 0.5) is 0 Å². The van der Waals surface area contributed by atoms with E-state index in [1.165, 1.54) is 35.8 Å². The highest BCUT2D eigenvalue weighted by Gasteiger charge is 2.17. The van der Waals surface area contributed by atoms with Gasteiger partial charge in [-0.3, -0.25) is 9.36 Å². The Morgan fingerprint density at radius 1 is 1.22 bits per heavy atom. The van der Waals surface area contributed by atoms with Crippen molar-refractivity contribution in [1.82, 2.24) is 4.57 Å². The number of aromatic nitrogens is 1. The Balaban J connectivity index is 2.17. The standard InChI is InChI=1S/C15H17NO2/c1-16-14(17)9-12-8-11(10-4-2-3-5-10)6-7-13(12)15(16)18/h6-10,18H,2-5H2,1H3. The van der Waals surface area contributed by atoms with E-state index < -0.39 is 0 Å². The average molecular weight is 243 g/mol. The molecule has 0 aliphatic heterocycles. The van der Waals surface area contributed by atoms with Crippen molar-refractivity contribution in [3.05, 3.63) is 40.2 Å². The van der Waals surface area contributed by atoms with Gasteiger partial charge in [-0.1, -0.05) is 25.0 Å². The van der Waals surface area contributed by atoms with Crippen LogP contribution in [0.3, 0.4) is 0 Å². The van der Waals surface area contributed by atoms with Gasteiger partial charge >= 0.3 is 0 Å². The van der Waals surface area contributed by atoms with Crippen molar-refractivity contribution in [2.24, 2.45) is 7.05 Å². The molecule has 0 bridgehead atoms. The summed E-state index contributed by atoms with van der Waals surface area (Å²) in [4.78, 5) is 11.7. The van der Waals surface area contributed by atoms with Crippen molar-refractivity contribution in [2.75, 3.05) is 0 Å². The van der Waals surface area contributed by atoms with Crippen molar-refractivity contribution >= 4 is 10.8 Å². The van der Waals surface area contributed by atoms with Gasteiger partial charge in [0.2, 0.25) is 5.88 Å². The molecular weight excluding hydrogens is 226 g/mol. The fourth-order valence-corrected chi connectivity index (χ4v) is 2.93. The molecule has 0 atom stereocenters. The maximum absolute atomic E-state index is 11.7. The molecule has 0 unspecified atom stereocenters. The zero-order valence-corrected chi connectivity index (χ0v) is 10.5. The number of aromatic hydroxyl groups is 1. The smallest absolute Gasteiger partial charge is 0.253 e. The lowest BCUT2D eigenvalue weighted by Gasteiger charge is -2.12. The topological polar surface area (TPSA) is 42.2 Å². The first-order valence-electron chi connectivity index (χ1n) is 6.49. The minimum atomic E-state index is -0.163. The monoisotopic (exact) mass is 243 g/mol. The second kappa shape index (κ2) is 4.16. The van der Waals surface area contributed by atoms with Crippen LogP contribution in [-0.2, 0) is 7.05 Å². The molecule has 94 valence electrons. The number of hydrogen-bond donors (Lipinski definition) is 1. The lowest BCUT2D eigenvalue weighted by atomic mass is 9.95. The van der Waals surface area contributed by atoms with Gasteiger partial charge < -0.3 is 5.11 Å². The van der Waals surface area contributed by atoms with E-state index in [-0.39, 0.29) is 11.4 Å². The van der Waals surface area contributed by atoms with Gasteiger partial charge in [0.15, 0.2) is 0 Å². The number of hydrogen-bond acceptors (Lipinski definition) is 2. The lowest BCUT2D eigenvalue weighted by Crippen LogP contribution is -2.15. The van der Waals surface area contributed by atoms with Crippen LogP contribution < -0.4 is 5.56 Å². The van der Waals surface area contributed by atoms with E-state index in [9.17, 15) is 9.90 Å². The molecule has 1 saturated carbocycles. The highest BCUT2D eigenvalue weighted by molar-refractivity contribution is 5.87. The van der Waals surface area contributed by atoms with Crippen LogP contribution in [-0.4, -0.2) is 9.67 Å². The van der Waals surface area contributed by atoms with E-state index in [0.29, 0.717) is 5.92 Å². The van der Waals surface area contributed by atoms with Gasteiger partial charge in [-0.15, -0.1) is 0 Å². The van der Waals surface area contributed by atoms with Crippen molar-refractivity contribution < 1.29 is 5.11 Å². The summed E-state index contributed by atoms with van der Waals surface area (Å²) in [5.41, 5.74) is 1.14. The molecule has 3 nitrogen and oxygen atoms in total. The fraction of sp³-hybridized carbons (Fsp3) is 0.400. The van der Waals surface area contributed by atoms with Crippen LogP contribution in [0.1, 0.15) is 37.2 Å². The molecule has 1 aromatic carbocycles. The fourth-order valence-electron chi connectivity index (χ4n) is 2.93. The molecule has 0 radical (unpaired) electrons. The number of pyridine rings is 1. The van der Waals surface area contributed by atoms with Crippen LogP contribution in [0.25, 0.3) is 10.8 Å². The molecule has 1 heterocycles. The molecular formula is C15H17NO2. The molecule has 0 saturated heterocycles. The van der Waals surface area contributed by atoms with Crippen molar-refractivity contribution in [2.45, 2.75) is 31.6 Å². The highest BCUT2D eigenvalue weighted by atomic mass is 16.3. The van der Waals surface area contributed by atoms with Gasteiger partial charge in [-0.05, 0) is 35.8 Å². The second-order valence-corrected chi connectivity index (χ2v) is 5.19. The molecule has 2 aromatic rings. The predicted octanol–water partition coefficient (Wildman–Crippen LogP) is 2.90. The van der Waals surface area contributed by atoms with E-state index in [0.717, 1.165) is 10.8 Å². The summed E-state index contributed by atoms with van der Waals surface area (Å²) in [5, 5.41) is 11.6. The molecule has 0 spiro atoms. The van der Waals surface area contributed by atoms with Crippen LogP contribution >= 0.6 is 0 Å². The molecule has 3 rings (SSSR count). The van der Waals surface area contributed by atoms with Crippen LogP contribution in [0.5, 0.6) is 5.88 Å². The second-order valence-electron chi connectivity index (χ2n) is 5.19. The highest BCUT2D eigenvalue weighted by Crippen LogP contribution is 2.35. The maximum Gasteiger partial charge on any atom is 0.253 e. The van der Waals surface area contributed by atoms with E-state index in [1.54, 1.807) is 13.1 Å². The van der Waals surface area contributed by atoms with Gasteiger partial charge in [0, 0.05) is 18.5 Å². The maximum atomic E-state index is 11.7. The molecule has 1 aliphatic carbocycles. The Bertz CT molecular complexity index is 651. The Kier molecular flexibility index (Phi) is 2.62. The first-order chi connectivity index (χ1) is 8.66. The summed E-state index contributed by atoms with van der Waals surface area (Å²) in [7, 11) is 1.59. The Hall–Kier alpha value is -1.77. The summed E-state index contributed by atoms with van der Waals surface area (Å²) in [6.07, 6.45) is 5.07. The van der Waals surface area contributed by atoms with Gasteiger partial charge in [-0.2, -0.15) is 0 Å². The predicted molar refractivity (Wildman–Crippen MR) is 72.1 cm³/mol. The van der Waals surface area contributed by atoms with Gasteiger partial charge in [0.1, 0.15) is 0 Å². The summed E-state index contributed by atoms with van der Waals surface area (Å²) < 4.78 is 1.28. The lowest BCUT2D eigenvalue weighted by molar-refractivity contribution is 0.430. The molecule has 1 aromatic heterocycles. The summed E-state index contributed by atoms with van der Waals surface area (Å²) in [5.74, 6) is 0.677. The number of benzene rings is 1. The summed E-state index contributed by atoms with van der Waals surface area (Å²) in [6, 6.07) is 7.68. The zero-order chi connectivity index (χ0) is 12.7. The third kappa shape index (κ3) is 1.70. The van der Waals surface area contributed by atoms with Crippen LogP contribution in [0.2, 0.25) is 0 Å². The van der Waals surface area contributed by atoms with Crippen LogP contribution in [0.15, 0.2) is 29.1 Å². The molecule has 18 heavy (non-hydrogen) atoms. The van der Waals surface area contributed by atoms with Crippen LogP contribution in [0, 0.1) is 0 Å². The first-order valence-corrected chi connectivity index (χ1v) is 6.49. The number of fused-ring (bicyclic) bond motifs is 1. The van der Waals surface area contributed by atoms with Gasteiger partial charge in [0.25, 0.3) is 5.56 Å². The van der Waals surface area contributed by atoms with E-state index in [1.807, 2.05) is 6.07 Å². The molecule has 1 fully saturated rings. The molecule has 1 N–H and O–H groups in total. The first kappa shape index (κ1) is 11.3. The minimum Gasteiger partial charge on any atom is -0.494 e. The third-order valence-corrected chi connectivity index (χ3v) is 4.07. The molecule has 3 heteroatoms. The van der Waals surface area contributed by atoms with Gasteiger partial charge in [0.05, 0.1) is 0 Å². The summed E-state index contributed by atoms with van der Waals surface area (Å²) in [6.45, 7) is 0. The SMILES string of the molecule is Cn1c(O)c2ccc(C3CCCC3)cc2cc1=O. The molecule has 1 aliphatic rings. The number of rotatable bonds is 1. The van der Waals surface area contributed by atoms with E-state index in [2.05, 4.69) is 12.1 Å². The normalized spacial score (nSPS) is 16.5. The Labute approximate surface area is 106 Å². The van der Waals surface area contributed by atoms with E-state index in [4.69, 9.17) is 0 Å². The quantitative estimate of drug-likeness (QED) is 0.836. The average Bonchev–Trinajstić information content (AvgIpc) is 2.89. The Morgan fingerprint density at radius 3 is 2.67 bits per heavy atom. The minimum absolute atomic E-state index is 0.0514. The van der Waals surface area contributed by atoms with Crippen molar-refractivity contribution in [1.29, 1.82) is 0 Å². The molecule has 0 amide bonds. The Morgan fingerprint density at radius 2 is 1.94 bits per heavy atom. The van der Waals surface area contributed by atoms with E-state index >= 15 is 0 Å². The van der Waals surface area contributed by atoms with Crippen molar-refractivity contribution in [3.63, 3.8) is 0 Å². The summed E-state index contributed by atoms with van der Waals surface area (Å²) >= 11 is 0. The zero-order valence-electron chi connectivity index (χ0n) is 10.5. The van der Waals surface area contributed by atoms with Gasteiger partial charge in [-0.25, -0.2) is 0 Å².